The topological polar surface area (TPSA) is 75.0 Å². The molecule has 0 bridgehead atoms. The van der Waals surface area contributed by atoms with E-state index in [0.717, 1.165) is 5.56 Å². The van der Waals surface area contributed by atoms with Gasteiger partial charge < -0.3 is 18.6 Å². The molecular weight excluding hydrogens is 348 g/mol. The van der Waals surface area contributed by atoms with E-state index in [-0.39, 0.29) is 11.3 Å². The van der Waals surface area contributed by atoms with Gasteiger partial charge in [0.2, 0.25) is 11.5 Å². The summed E-state index contributed by atoms with van der Waals surface area (Å²) in [5.74, 6) is -0.199. The van der Waals surface area contributed by atoms with Crippen molar-refractivity contribution in [3.05, 3.63) is 72.2 Å². The second-order valence-electron chi connectivity index (χ2n) is 5.59. The van der Waals surface area contributed by atoms with E-state index in [1.54, 1.807) is 18.2 Å². The summed E-state index contributed by atoms with van der Waals surface area (Å²) < 4.78 is 20.7. The molecule has 27 heavy (non-hydrogen) atoms. The zero-order chi connectivity index (χ0) is 19.2. The fourth-order valence-electron chi connectivity index (χ4n) is 2.62. The molecule has 138 valence electrons. The van der Waals surface area contributed by atoms with Crippen molar-refractivity contribution in [2.45, 2.75) is 0 Å². The summed E-state index contributed by atoms with van der Waals surface area (Å²) in [5, 5.41) is 0. The van der Waals surface area contributed by atoms with Crippen molar-refractivity contribution in [2.75, 3.05) is 20.8 Å². The van der Waals surface area contributed by atoms with E-state index in [9.17, 15) is 9.59 Å². The van der Waals surface area contributed by atoms with E-state index in [1.807, 2.05) is 30.3 Å². The predicted molar refractivity (Wildman–Crippen MR) is 98.3 cm³/mol. The quantitative estimate of drug-likeness (QED) is 0.465. The minimum Gasteiger partial charge on any atom is -0.497 e. The molecule has 1 aromatic heterocycles. The Kier molecular flexibility index (Phi) is 5.56. The van der Waals surface area contributed by atoms with E-state index < -0.39 is 18.4 Å². The Morgan fingerprint density at radius 2 is 1.74 bits per heavy atom. The molecule has 2 aromatic carbocycles. The first-order valence-corrected chi connectivity index (χ1v) is 8.19. The van der Waals surface area contributed by atoms with Crippen LogP contribution in [0.5, 0.6) is 11.5 Å². The SMILES string of the molecule is COc1ccc(OC)c(C(=O)COC(=O)c2occc2-c2ccccc2)c1. The molecule has 0 unspecified atom stereocenters. The molecule has 0 atom stereocenters. The lowest BCUT2D eigenvalue weighted by atomic mass is 10.1. The summed E-state index contributed by atoms with van der Waals surface area (Å²) in [6.45, 7) is -0.447. The second-order valence-corrected chi connectivity index (χ2v) is 5.59. The lowest BCUT2D eigenvalue weighted by molar-refractivity contribution is 0.0444. The van der Waals surface area contributed by atoms with Crippen molar-refractivity contribution >= 4 is 11.8 Å². The van der Waals surface area contributed by atoms with Crippen LogP contribution >= 0.6 is 0 Å². The fourth-order valence-corrected chi connectivity index (χ4v) is 2.62. The highest BCUT2D eigenvalue weighted by Gasteiger charge is 2.21. The molecule has 0 aliphatic rings. The van der Waals surface area contributed by atoms with Crippen LogP contribution in [0, 0.1) is 0 Å². The molecule has 3 aromatic rings. The van der Waals surface area contributed by atoms with Gasteiger partial charge in [-0.3, -0.25) is 4.79 Å². The van der Waals surface area contributed by atoms with Crippen LogP contribution in [-0.4, -0.2) is 32.6 Å². The number of esters is 1. The van der Waals surface area contributed by atoms with Crippen molar-refractivity contribution < 1.29 is 28.2 Å². The molecule has 0 N–H and O–H groups in total. The number of ketones is 1. The van der Waals surface area contributed by atoms with Crippen LogP contribution in [0.3, 0.4) is 0 Å². The van der Waals surface area contributed by atoms with Gasteiger partial charge in [-0.15, -0.1) is 0 Å². The monoisotopic (exact) mass is 366 g/mol. The molecule has 6 heteroatoms. The van der Waals surface area contributed by atoms with Crippen LogP contribution in [0.4, 0.5) is 0 Å². The maximum atomic E-state index is 12.5. The van der Waals surface area contributed by atoms with Crippen LogP contribution in [0.15, 0.2) is 65.3 Å². The Labute approximate surface area is 156 Å². The maximum Gasteiger partial charge on any atom is 0.375 e. The molecule has 0 saturated carbocycles. The van der Waals surface area contributed by atoms with Gasteiger partial charge in [-0.2, -0.15) is 0 Å². The lowest BCUT2D eigenvalue weighted by Gasteiger charge is -2.10. The highest BCUT2D eigenvalue weighted by molar-refractivity contribution is 6.02. The zero-order valence-electron chi connectivity index (χ0n) is 14.9. The lowest BCUT2D eigenvalue weighted by Crippen LogP contribution is -2.15. The largest absolute Gasteiger partial charge is 0.497 e. The normalized spacial score (nSPS) is 10.3. The van der Waals surface area contributed by atoms with E-state index in [2.05, 4.69) is 0 Å². The summed E-state index contributed by atoms with van der Waals surface area (Å²) in [4.78, 5) is 24.9. The number of methoxy groups -OCH3 is 2. The minimum absolute atomic E-state index is 0.0478. The zero-order valence-corrected chi connectivity index (χ0v) is 14.9. The van der Waals surface area contributed by atoms with Crippen molar-refractivity contribution in [1.82, 2.24) is 0 Å². The summed E-state index contributed by atoms with van der Waals surface area (Å²) in [7, 11) is 2.96. The van der Waals surface area contributed by atoms with E-state index >= 15 is 0 Å². The maximum absolute atomic E-state index is 12.5. The van der Waals surface area contributed by atoms with Crippen LogP contribution in [0.25, 0.3) is 11.1 Å². The van der Waals surface area contributed by atoms with Gasteiger partial charge in [0, 0.05) is 5.56 Å². The Bertz CT molecular complexity index is 942. The van der Waals surface area contributed by atoms with Gasteiger partial charge in [0.25, 0.3) is 0 Å². The van der Waals surface area contributed by atoms with E-state index in [1.165, 1.54) is 26.5 Å². The first-order valence-electron chi connectivity index (χ1n) is 8.19. The van der Waals surface area contributed by atoms with Gasteiger partial charge in [0.1, 0.15) is 11.5 Å². The standard InChI is InChI=1S/C21H18O6/c1-24-15-8-9-19(25-2)17(12-15)18(22)13-27-21(23)20-16(10-11-26-20)14-6-4-3-5-7-14/h3-12H,13H2,1-2H3. The third-order valence-corrected chi connectivity index (χ3v) is 3.98. The Morgan fingerprint density at radius 1 is 0.963 bits per heavy atom. The average molecular weight is 366 g/mol. The number of carbonyl (C=O) groups is 2. The molecule has 1 heterocycles. The number of furan rings is 1. The van der Waals surface area contributed by atoms with Crippen molar-refractivity contribution in [2.24, 2.45) is 0 Å². The van der Waals surface area contributed by atoms with Crippen molar-refractivity contribution in [3.8, 4) is 22.6 Å². The average Bonchev–Trinajstić information content (AvgIpc) is 3.22. The molecule has 0 fully saturated rings. The first kappa shape index (κ1) is 18.3. The highest BCUT2D eigenvalue weighted by atomic mass is 16.5. The number of rotatable bonds is 7. The number of benzene rings is 2. The fraction of sp³-hybridized carbons (Fsp3) is 0.143. The van der Waals surface area contributed by atoms with E-state index in [4.69, 9.17) is 18.6 Å². The predicted octanol–water partition coefficient (Wildman–Crippen LogP) is 4.00. The Balaban J connectivity index is 1.74. The van der Waals surface area contributed by atoms with Gasteiger partial charge in [-0.05, 0) is 29.8 Å². The molecular formula is C21H18O6. The molecule has 0 spiro atoms. The molecule has 6 nitrogen and oxygen atoms in total. The number of carbonyl (C=O) groups excluding carboxylic acids is 2. The number of hydrogen-bond acceptors (Lipinski definition) is 6. The highest BCUT2D eigenvalue weighted by Crippen LogP contribution is 2.26. The number of ether oxygens (including phenoxy) is 3. The third kappa shape index (κ3) is 4.00. The number of Topliss-reactive ketones (excluding diaryl/α,β-unsaturated/α-hetero) is 1. The Morgan fingerprint density at radius 3 is 2.44 bits per heavy atom. The van der Waals surface area contributed by atoms with Crippen LogP contribution in [0.1, 0.15) is 20.9 Å². The molecule has 0 aliphatic carbocycles. The van der Waals surface area contributed by atoms with Gasteiger partial charge >= 0.3 is 5.97 Å². The molecule has 0 aliphatic heterocycles. The molecule has 3 rings (SSSR count). The smallest absolute Gasteiger partial charge is 0.375 e. The second kappa shape index (κ2) is 8.23. The van der Waals surface area contributed by atoms with Gasteiger partial charge in [0.15, 0.2) is 6.61 Å². The Hall–Kier alpha value is -3.54. The summed E-state index contributed by atoms with van der Waals surface area (Å²) in [6.07, 6.45) is 1.41. The minimum atomic E-state index is -0.714. The van der Waals surface area contributed by atoms with E-state index in [0.29, 0.717) is 17.1 Å². The summed E-state index contributed by atoms with van der Waals surface area (Å²) in [6, 6.07) is 15.8. The first-order chi connectivity index (χ1) is 13.1. The van der Waals surface area contributed by atoms with Gasteiger partial charge in [0.05, 0.1) is 26.0 Å². The van der Waals surface area contributed by atoms with Crippen LogP contribution in [-0.2, 0) is 4.74 Å². The molecule has 0 radical (unpaired) electrons. The van der Waals surface area contributed by atoms with Crippen molar-refractivity contribution in [1.29, 1.82) is 0 Å². The summed E-state index contributed by atoms with van der Waals surface area (Å²) in [5.41, 5.74) is 1.69. The molecule has 0 amide bonds. The van der Waals surface area contributed by atoms with Gasteiger partial charge in [-0.1, -0.05) is 30.3 Å². The third-order valence-electron chi connectivity index (χ3n) is 3.98. The molecule has 0 saturated heterocycles. The van der Waals surface area contributed by atoms with Crippen LogP contribution < -0.4 is 9.47 Å². The van der Waals surface area contributed by atoms with Gasteiger partial charge in [-0.25, -0.2) is 4.79 Å². The van der Waals surface area contributed by atoms with Crippen LogP contribution in [0.2, 0.25) is 0 Å². The van der Waals surface area contributed by atoms with Crippen molar-refractivity contribution in [3.63, 3.8) is 0 Å². The summed E-state index contributed by atoms with van der Waals surface area (Å²) >= 11 is 0. The number of hydrogen-bond donors (Lipinski definition) is 0.